The molecule has 0 N–H and O–H groups in total. The Balaban J connectivity index is 2.87. The van der Waals surface area contributed by atoms with Gasteiger partial charge in [-0.05, 0) is 40.9 Å². The number of rotatable bonds is 1. The first-order valence-electron chi connectivity index (χ1n) is 3.95. The van der Waals surface area contributed by atoms with Crippen molar-refractivity contribution in [3.63, 3.8) is 0 Å². The Morgan fingerprint density at radius 2 is 2.31 bits per heavy atom. The van der Waals surface area contributed by atoms with Gasteiger partial charge in [0.25, 0.3) is 0 Å². The zero-order valence-electron chi connectivity index (χ0n) is 7.10. The molecule has 0 bridgehead atoms. The Kier molecular flexibility index (Phi) is 2.39. The summed E-state index contributed by atoms with van der Waals surface area (Å²) >= 11 is 5.03. The summed E-state index contributed by atoms with van der Waals surface area (Å²) in [6, 6.07) is 3.59. The van der Waals surface area contributed by atoms with Crippen LogP contribution in [-0.2, 0) is 5.33 Å². The van der Waals surface area contributed by atoms with Gasteiger partial charge in [0.15, 0.2) is 0 Å². The van der Waals surface area contributed by atoms with E-state index in [2.05, 4.69) is 15.9 Å². The molecule has 0 radical (unpaired) electrons. The van der Waals surface area contributed by atoms with Crippen LogP contribution in [0.1, 0.15) is 11.1 Å². The van der Waals surface area contributed by atoms with Gasteiger partial charge < -0.3 is 0 Å². The Morgan fingerprint density at radius 3 is 3.00 bits per heavy atom. The fourth-order valence-corrected chi connectivity index (χ4v) is 3.01. The van der Waals surface area contributed by atoms with Crippen LogP contribution in [0.4, 0.5) is 4.39 Å². The normalized spacial score (nSPS) is 11.0. The van der Waals surface area contributed by atoms with Gasteiger partial charge in [0.05, 0.1) is 0 Å². The second-order valence-electron chi connectivity index (χ2n) is 2.94. The number of hydrogen-bond acceptors (Lipinski definition) is 1. The van der Waals surface area contributed by atoms with Crippen LogP contribution in [0, 0.1) is 12.7 Å². The van der Waals surface area contributed by atoms with Crippen LogP contribution < -0.4 is 0 Å². The van der Waals surface area contributed by atoms with Crippen LogP contribution >= 0.6 is 27.3 Å². The molecule has 0 saturated heterocycles. The van der Waals surface area contributed by atoms with Crippen molar-refractivity contribution >= 4 is 37.4 Å². The summed E-state index contributed by atoms with van der Waals surface area (Å²) in [5.41, 5.74) is 1.79. The predicted molar refractivity (Wildman–Crippen MR) is 59.2 cm³/mol. The Bertz CT molecular complexity index is 447. The van der Waals surface area contributed by atoms with E-state index in [1.165, 1.54) is 4.70 Å². The standard InChI is InChI=1S/C10H8BrFS/c1-6-8-2-3-13-10(8)7(5-11)4-9(6)12/h2-4H,5H2,1H3. The molecule has 1 aromatic heterocycles. The van der Waals surface area contributed by atoms with Gasteiger partial charge in [0.2, 0.25) is 0 Å². The number of aryl methyl sites for hydroxylation is 1. The van der Waals surface area contributed by atoms with Gasteiger partial charge in [-0.25, -0.2) is 4.39 Å². The van der Waals surface area contributed by atoms with Crippen LogP contribution in [0.25, 0.3) is 10.1 Å². The van der Waals surface area contributed by atoms with Crippen molar-refractivity contribution in [2.24, 2.45) is 0 Å². The Labute approximate surface area is 88.5 Å². The van der Waals surface area contributed by atoms with E-state index in [1.807, 2.05) is 18.4 Å². The Morgan fingerprint density at radius 1 is 1.54 bits per heavy atom. The molecule has 0 nitrogen and oxygen atoms in total. The van der Waals surface area contributed by atoms with E-state index in [0.717, 1.165) is 16.5 Å². The van der Waals surface area contributed by atoms with Crippen molar-refractivity contribution in [1.82, 2.24) is 0 Å². The van der Waals surface area contributed by atoms with Crippen molar-refractivity contribution in [2.45, 2.75) is 12.3 Å². The molecule has 0 aliphatic carbocycles. The average Bonchev–Trinajstić information content (AvgIpc) is 2.60. The maximum atomic E-state index is 13.4. The molecule has 0 fully saturated rings. The summed E-state index contributed by atoms with van der Waals surface area (Å²) < 4.78 is 14.5. The molecule has 2 rings (SSSR count). The maximum absolute atomic E-state index is 13.4. The summed E-state index contributed by atoms with van der Waals surface area (Å²) in [5, 5.41) is 3.75. The van der Waals surface area contributed by atoms with Crippen LogP contribution in [0.5, 0.6) is 0 Å². The summed E-state index contributed by atoms with van der Waals surface area (Å²) in [6.45, 7) is 1.82. The van der Waals surface area contributed by atoms with Crippen LogP contribution in [0.3, 0.4) is 0 Å². The van der Waals surface area contributed by atoms with Crippen molar-refractivity contribution in [1.29, 1.82) is 0 Å². The number of benzene rings is 1. The first-order valence-corrected chi connectivity index (χ1v) is 5.95. The van der Waals surface area contributed by atoms with Crippen LogP contribution in [0.2, 0.25) is 0 Å². The van der Waals surface area contributed by atoms with E-state index >= 15 is 0 Å². The lowest BCUT2D eigenvalue weighted by atomic mass is 10.1. The minimum Gasteiger partial charge on any atom is -0.207 e. The number of thiophene rings is 1. The third kappa shape index (κ3) is 1.40. The molecule has 68 valence electrons. The molecule has 0 atom stereocenters. The third-order valence-corrected chi connectivity index (χ3v) is 3.76. The van der Waals surface area contributed by atoms with Crippen molar-refractivity contribution in [3.8, 4) is 0 Å². The van der Waals surface area contributed by atoms with E-state index in [-0.39, 0.29) is 5.82 Å². The predicted octanol–water partition coefficient (Wildman–Crippen LogP) is 4.24. The smallest absolute Gasteiger partial charge is 0.127 e. The lowest BCUT2D eigenvalue weighted by Crippen LogP contribution is -1.86. The molecule has 13 heavy (non-hydrogen) atoms. The van der Waals surface area contributed by atoms with Gasteiger partial charge in [0.1, 0.15) is 5.82 Å². The van der Waals surface area contributed by atoms with Gasteiger partial charge in [-0.1, -0.05) is 15.9 Å². The third-order valence-electron chi connectivity index (χ3n) is 2.16. The van der Waals surface area contributed by atoms with Crippen LogP contribution in [0.15, 0.2) is 17.5 Å². The fraction of sp³-hybridized carbons (Fsp3) is 0.200. The van der Waals surface area contributed by atoms with Crippen molar-refractivity contribution in [3.05, 3.63) is 34.5 Å². The lowest BCUT2D eigenvalue weighted by molar-refractivity contribution is 0.620. The topological polar surface area (TPSA) is 0 Å². The van der Waals surface area contributed by atoms with E-state index in [1.54, 1.807) is 17.4 Å². The largest absolute Gasteiger partial charge is 0.207 e. The summed E-state index contributed by atoms with van der Waals surface area (Å²) in [6.07, 6.45) is 0. The highest BCUT2D eigenvalue weighted by Crippen LogP contribution is 2.30. The number of halogens is 2. The van der Waals surface area contributed by atoms with Crippen molar-refractivity contribution in [2.75, 3.05) is 0 Å². The van der Waals surface area contributed by atoms with E-state index in [9.17, 15) is 4.39 Å². The van der Waals surface area contributed by atoms with Gasteiger partial charge in [-0.15, -0.1) is 11.3 Å². The highest BCUT2D eigenvalue weighted by Gasteiger charge is 2.08. The number of alkyl halides is 1. The maximum Gasteiger partial charge on any atom is 0.127 e. The quantitative estimate of drug-likeness (QED) is 0.672. The highest BCUT2D eigenvalue weighted by atomic mass is 79.9. The molecule has 0 unspecified atom stereocenters. The number of fused-ring (bicyclic) bond motifs is 1. The zero-order chi connectivity index (χ0) is 9.42. The SMILES string of the molecule is Cc1c(F)cc(CBr)c2sccc12. The summed E-state index contributed by atoms with van der Waals surface area (Å²) in [7, 11) is 0. The molecule has 1 aromatic carbocycles. The lowest BCUT2D eigenvalue weighted by Gasteiger charge is -2.03. The molecule has 1 heterocycles. The molecule has 0 spiro atoms. The van der Waals surface area contributed by atoms with E-state index < -0.39 is 0 Å². The van der Waals surface area contributed by atoms with Gasteiger partial charge >= 0.3 is 0 Å². The molecule has 2 aromatic rings. The molecule has 0 amide bonds. The molecular formula is C10H8BrFS. The first kappa shape index (κ1) is 9.16. The first-order chi connectivity index (χ1) is 6.24. The van der Waals surface area contributed by atoms with Crippen LogP contribution in [-0.4, -0.2) is 0 Å². The fourth-order valence-electron chi connectivity index (χ4n) is 1.41. The summed E-state index contributed by atoms with van der Waals surface area (Å²) in [5.74, 6) is -0.111. The van der Waals surface area contributed by atoms with Gasteiger partial charge in [-0.3, -0.25) is 0 Å². The molecule has 0 saturated carbocycles. The highest BCUT2D eigenvalue weighted by molar-refractivity contribution is 9.08. The number of hydrogen-bond donors (Lipinski definition) is 0. The van der Waals surface area contributed by atoms with E-state index in [0.29, 0.717) is 5.33 Å². The second kappa shape index (κ2) is 3.39. The monoisotopic (exact) mass is 258 g/mol. The summed E-state index contributed by atoms with van der Waals surface area (Å²) in [4.78, 5) is 0. The Hall–Kier alpha value is -0.410. The zero-order valence-corrected chi connectivity index (χ0v) is 9.51. The molecule has 3 heteroatoms. The van der Waals surface area contributed by atoms with Crippen molar-refractivity contribution < 1.29 is 4.39 Å². The molecular weight excluding hydrogens is 251 g/mol. The van der Waals surface area contributed by atoms with Gasteiger partial charge in [0, 0.05) is 10.0 Å². The second-order valence-corrected chi connectivity index (χ2v) is 4.42. The van der Waals surface area contributed by atoms with E-state index in [4.69, 9.17) is 0 Å². The molecule has 0 aliphatic heterocycles. The minimum atomic E-state index is -0.111. The molecule has 0 aliphatic rings. The minimum absolute atomic E-state index is 0.111. The van der Waals surface area contributed by atoms with Gasteiger partial charge in [-0.2, -0.15) is 0 Å². The average molecular weight is 259 g/mol.